The second-order valence-electron chi connectivity index (χ2n) is 6.41. The Labute approximate surface area is 141 Å². The van der Waals surface area contributed by atoms with Crippen LogP contribution in [0.3, 0.4) is 0 Å². The number of nitrogens with zero attached hydrogens (tertiary/aromatic N) is 5. The van der Waals surface area contributed by atoms with Gasteiger partial charge in [0.15, 0.2) is 11.6 Å². The predicted molar refractivity (Wildman–Crippen MR) is 89.1 cm³/mol. The second kappa shape index (κ2) is 6.24. The van der Waals surface area contributed by atoms with Crippen molar-refractivity contribution in [3.63, 3.8) is 0 Å². The molecule has 0 radical (unpaired) electrons. The van der Waals surface area contributed by atoms with Gasteiger partial charge in [0.1, 0.15) is 0 Å². The molecule has 0 saturated carbocycles. The number of carbonyl (C=O) groups is 1. The van der Waals surface area contributed by atoms with Crippen LogP contribution in [0.5, 0.6) is 0 Å². The number of nitrogens with two attached hydrogens (primary N) is 1. The highest BCUT2D eigenvalue weighted by Crippen LogP contribution is 2.22. The molecule has 7 nitrogen and oxygen atoms in total. The molecule has 1 aromatic heterocycles. The highest BCUT2D eigenvalue weighted by molar-refractivity contribution is 5.74. The molecule has 126 valence electrons. The third-order valence-electron chi connectivity index (χ3n) is 4.87. The largest absolute Gasteiger partial charge is 0.325 e. The molecule has 2 N–H and O–H groups in total. The first-order chi connectivity index (χ1) is 11.7. The summed E-state index contributed by atoms with van der Waals surface area (Å²) in [6.07, 6.45) is 2.21. The van der Waals surface area contributed by atoms with Crippen molar-refractivity contribution >= 4 is 6.03 Å². The maximum atomic E-state index is 12.5. The molecule has 1 fully saturated rings. The van der Waals surface area contributed by atoms with Gasteiger partial charge in [-0.3, -0.25) is 0 Å². The molecule has 0 bridgehead atoms. The molecule has 4 rings (SSSR count). The average Bonchev–Trinajstić information content (AvgIpc) is 3.30. The van der Waals surface area contributed by atoms with Crippen LogP contribution in [0.4, 0.5) is 4.79 Å². The van der Waals surface area contributed by atoms with Crippen LogP contribution in [0.25, 0.3) is 0 Å². The van der Waals surface area contributed by atoms with Crippen molar-refractivity contribution in [3.05, 3.63) is 47.5 Å². The summed E-state index contributed by atoms with van der Waals surface area (Å²) in [5, 5.41) is 8.58. The Hall–Kier alpha value is -2.41. The van der Waals surface area contributed by atoms with E-state index in [0.717, 1.165) is 43.1 Å². The summed E-state index contributed by atoms with van der Waals surface area (Å²) in [6, 6.07) is 9.73. The summed E-state index contributed by atoms with van der Waals surface area (Å²) in [5.41, 5.74) is 7.38. The highest BCUT2D eigenvalue weighted by atomic mass is 16.2. The van der Waals surface area contributed by atoms with Crippen LogP contribution in [0.15, 0.2) is 30.3 Å². The number of likely N-dealkylation sites (tertiary alicyclic amines) is 1. The Morgan fingerprint density at radius 2 is 1.75 bits per heavy atom. The number of benzene rings is 1. The smallest absolute Gasteiger partial charge is 0.320 e. The topological polar surface area (TPSA) is 80.3 Å². The summed E-state index contributed by atoms with van der Waals surface area (Å²) in [6.45, 7) is 3.61. The number of aromatic nitrogens is 3. The van der Waals surface area contributed by atoms with Gasteiger partial charge in [-0.15, -0.1) is 10.2 Å². The zero-order chi connectivity index (χ0) is 16.5. The van der Waals surface area contributed by atoms with Crippen molar-refractivity contribution in [3.8, 4) is 0 Å². The van der Waals surface area contributed by atoms with Crippen LogP contribution in [-0.4, -0.2) is 50.2 Å². The fourth-order valence-corrected chi connectivity index (χ4v) is 3.49. The van der Waals surface area contributed by atoms with E-state index in [1.54, 1.807) is 0 Å². The normalized spacial score (nSPS) is 18.5. The zero-order valence-electron chi connectivity index (χ0n) is 13.6. The third kappa shape index (κ3) is 2.65. The van der Waals surface area contributed by atoms with Crippen molar-refractivity contribution in [1.82, 2.24) is 24.6 Å². The Balaban J connectivity index is 1.52. The predicted octanol–water partition coefficient (Wildman–Crippen LogP) is 1.36. The lowest BCUT2D eigenvalue weighted by Gasteiger charge is -2.31. The fraction of sp³-hybridized carbons (Fsp3) is 0.471. The van der Waals surface area contributed by atoms with E-state index in [1.165, 1.54) is 0 Å². The Morgan fingerprint density at radius 1 is 1.00 bits per heavy atom. The van der Waals surface area contributed by atoms with E-state index in [4.69, 9.17) is 5.73 Å². The number of carbonyl (C=O) groups excluding carboxylic acids is 1. The number of rotatable bonds is 2. The van der Waals surface area contributed by atoms with Crippen molar-refractivity contribution in [2.24, 2.45) is 5.73 Å². The standard InChI is InChI=1S/C17H22N6O/c18-15(13-6-2-1-3-7-13)16-20-19-14-12-22(10-11-23(14)16)17(24)21-8-4-5-9-21/h1-3,6-7,15H,4-5,8-12,18H2. The van der Waals surface area contributed by atoms with Gasteiger partial charge in [0, 0.05) is 26.2 Å². The van der Waals surface area contributed by atoms with Crippen molar-refractivity contribution in [2.45, 2.75) is 32.0 Å². The maximum Gasteiger partial charge on any atom is 0.320 e. The van der Waals surface area contributed by atoms with Gasteiger partial charge in [0.2, 0.25) is 0 Å². The quantitative estimate of drug-likeness (QED) is 0.903. The minimum Gasteiger partial charge on any atom is -0.325 e. The molecule has 1 aromatic carbocycles. The average molecular weight is 326 g/mol. The molecule has 2 aliphatic rings. The zero-order valence-corrected chi connectivity index (χ0v) is 13.6. The summed E-state index contributed by atoms with van der Waals surface area (Å²) in [5.74, 6) is 1.58. The monoisotopic (exact) mass is 326 g/mol. The lowest BCUT2D eigenvalue weighted by Crippen LogP contribution is -2.45. The molecule has 24 heavy (non-hydrogen) atoms. The van der Waals surface area contributed by atoms with Crippen LogP contribution in [0, 0.1) is 0 Å². The van der Waals surface area contributed by atoms with E-state index in [2.05, 4.69) is 14.8 Å². The Morgan fingerprint density at radius 3 is 2.50 bits per heavy atom. The molecule has 0 aliphatic carbocycles. The summed E-state index contributed by atoms with van der Waals surface area (Å²) >= 11 is 0. The van der Waals surface area contributed by atoms with Crippen LogP contribution in [0.2, 0.25) is 0 Å². The van der Waals surface area contributed by atoms with Crippen LogP contribution >= 0.6 is 0 Å². The fourth-order valence-electron chi connectivity index (χ4n) is 3.49. The molecule has 1 atom stereocenters. The van der Waals surface area contributed by atoms with Crippen LogP contribution in [-0.2, 0) is 13.1 Å². The van der Waals surface area contributed by atoms with Crippen LogP contribution in [0.1, 0.15) is 36.1 Å². The van der Waals surface area contributed by atoms with Gasteiger partial charge in [-0.25, -0.2) is 4.79 Å². The van der Waals surface area contributed by atoms with Gasteiger partial charge in [0.05, 0.1) is 12.6 Å². The lowest BCUT2D eigenvalue weighted by molar-refractivity contribution is 0.148. The van der Waals surface area contributed by atoms with Crippen molar-refractivity contribution < 1.29 is 4.79 Å². The number of hydrogen-bond acceptors (Lipinski definition) is 4. The summed E-state index contributed by atoms with van der Waals surface area (Å²) in [4.78, 5) is 16.3. The number of fused-ring (bicyclic) bond motifs is 1. The van der Waals surface area contributed by atoms with Gasteiger partial charge < -0.3 is 20.1 Å². The first-order valence-electron chi connectivity index (χ1n) is 8.50. The molecule has 0 spiro atoms. The van der Waals surface area contributed by atoms with E-state index < -0.39 is 0 Å². The molecule has 1 saturated heterocycles. The first kappa shape index (κ1) is 15.1. The maximum absolute atomic E-state index is 12.5. The SMILES string of the molecule is NC(c1ccccc1)c1nnc2n1CCN(C(=O)N1CCCC1)C2. The Bertz CT molecular complexity index is 722. The summed E-state index contributed by atoms with van der Waals surface area (Å²) in [7, 11) is 0. The molecule has 2 amide bonds. The van der Waals surface area contributed by atoms with Gasteiger partial charge in [-0.1, -0.05) is 30.3 Å². The first-order valence-corrected chi connectivity index (χ1v) is 8.50. The van der Waals surface area contributed by atoms with E-state index in [-0.39, 0.29) is 12.1 Å². The molecule has 7 heteroatoms. The molecular weight excluding hydrogens is 304 g/mol. The van der Waals surface area contributed by atoms with Crippen LogP contribution < -0.4 is 5.73 Å². The number of hydrogen-bond donors (Lipinski definition) is 1. The van der Waals surface area contributed by atoms with E-state index in [9.17, 15) is 4.79 Å². The molecule has 3 heterocycles. The minimum absolute atomic E-state index is 0.121. The number of urea groups is 1. The highest BCUT2D eigenvalue weighted by Gasteiger charge is 2.30. The van der Waals surface area contributed by atoms with E-state index in [1.807, 2.05) is 40.1 Å². The second-order valence-corrected chi connectivity index (χ2v) is 6.41. The lowest BCUT2D eigenvalue weighted by atomic mass is 10.1. The van der Waals surface area contributed by atoms with Crippen molar-refractivity contribution in [2.75, 3.05) is 19.6 Å². The minimum atomic E-state index is -0.298. The number of amides is 2. The third-order valence-corrected chi connectivity index (χ3v) is 4.87. The molecule has 2 aliphatic heterocycles. The van der Waals surface area contributed by atoms with Gasteiger partial charge in [0.25, 0.3) is 0 Å². The van der Waals surface area contributed by atoms with Gasteiger partial charge in [-0.05, 0) is 18.4 Å². The van der Waals surface area contributed by atoms with E-state index in [0.29, 0.717) is 19.6 Å². The van der Waals surface area contributed by atoms with Gasteiger partial charge in [-0.2, -0.15) is 0 Å². The summed E-state index contributed by atoms with van der Waals surface area (Å²) < 4.78 is 2.06. The van der Waals surface area contributed by atoms with Gasteiger partial charge >= 0.3 is 6.03 Å². The van der Waals surface area contributed by atoms with E-state index >= 15 is 0 Å². The molecular formula is C17H22N6O. The van der Waals surface area contributed by atoms with Crippen molar-refractivity contribution in [1.29, 1.82) is 0 Å². The molecule has 1 unspecified atom stereocenters. The Kier molecular flexibility index (Phi) is 3.93. The molecule has 2 aromatic rings.